The minimum Gasteiger partial charge on any atom is -0.481 e. The number of hydrogen-bond acceptors (Lipinski definition) is 5. The van der Waals surface area contributed by atoms with E-state index in [4.69, 9.17) is 16.7 Å². The Hall–Kier alpha value is -1.89. The molecule has 0 bridgehead atoms. The highest BCUT2D eigenvalue weighted by atomic mass is 35.5. The Kier molecular flexibility index (Phi) is 5.05. The molecule has 0 amide bonds. The van der Waals surface area contributed by atoms with E-state index in [0.717, 1.165) is 6.20 Å². The minimum atomic E-state index is -0.941. The molecule has 8 heteroatoms. The van der Waals surface area contributed by atoms with Gasteiger partial charge in [-0.1, -0.05) is 25.4 Å². The Morgan fingerprint density at radius 1 is 1.63 bits per heavy atom. The van der Waals surface area contributed by atoms with Crippen LogP contribution in [0.4, 0.5) is 11.5 Å². The van der Waals surface area contributed by atoms with Crippen molar-refractivity contribution in [2.75, 3.05) is 5.32 Å². The lowest BCUT2D eigenvalue weighted by molar-refractivity contribution is -0.385. The van der Waals surface area contributed by atoms with Crippen molar-refractivity contribution >= 4 is 29.1 Å². The summed E-state index contributed by atoms with van der Waals surface area (Å²) in [7, 11) is 0. The molecule has 0 aliphatic rings. The zero-order valence-corrected chi connectivity index (χ0v) is 11.2. The van der Waals surface area contributed by atoms with Gasteiger partial charge < -0.3 is 10.4 Å². The summed E-state index contributed by atoms with van der Waals surface area (Å²) in [4.78, 5) is 24.6. The van der Waals surface area contributed by atoms with Crippen molar-refractivity contribution in [3.8, 4) is 0 Å². The second kappa shape index (κ2) is 6.33. The number of aromatic nitrogens is 1. The Bertz CT molecular complexity index is 493. The molecule has 1 aromatic rings. The number of carboxylic acids is 1. The second-order valence-electron chi connectivity index (χ2n) is 4.37. The predicted octanol–water partition coefficient (Wildman–Crippen LogP) is 2.55. The molecule has 104 valence electrons. The number of halogens is 1. The van der Waals surface area contributed by atoms with E-state index < -0.39 is 10.9 Å². The number of pyridine rings is 1. The molecule has 0 fully saturated rings. The number of nitrogens with zero attached hydrogens (tertiary/aromatic N) is 2. The molecule has 0 aromatic carbocycles. The first kappa shape index (κ1) is 15.2. The first-order valence-electron chi connectivity index (χ1n) is 5.59. The number of aliphatic carboxylic acids is 1. The van der Waals surface area contributed by atoms with Gasteiger partial charge in [-0.2, -0.15) is 0 Å². The van der Waals surface area contributed by atoms with Gasteiger partial charge in [0.15, 0.2) is 0 Å². The van der Waals surface area contributed by atoms with Gasteiger partial charge in [0, 0.05) is 12.1 Å². The van der Waals surface area contributed by atoms with E-state index >= 15 is 0 Å². The zero-order chi connectivity index (χ0) is 14.6. The van der Waals surface area contributed by atoms with Gasteiger partial charge in [-0.05, 0) is 5.92 Å². The third kappa shape index (κ3) is 4.36. The van der Waals surface area contributed by atoms with E-state index in [1.54, 1.807) is 0 Å². The van der Waals surface area contributed by atoms with Crippen LogP contribution in [0.15, 0.2) is 12.3 Å². The number of hydrogen-bond donors (Lipinski definition) is 2. The summed E-state index contributed by atoms with van der Waals surface area (Å²) in [5.41, 5.74) is -0.213. The standard InChI is InChI=1S/C11H14ClN3O4/c1-6(2)9(4-10(16)17)14-11-8(12)3-7(5-13-11)15(18)19/h3,5-6,9H,4H2,1-2H3,(H,13,14)(H,16,17). The molecule has 1 aromatic heterocycles. The van der Waals surface area contributed by atoms with Crippen LogP contribution in [-0.2, 0) is 4.79 Å². The quantitative estimate of drug-likeness (QED) is 0.615. The summed E-state index contributed by atoms with van der Waals surface area (Å²) < 4.78 is 0. The molecule has 0 aliphatic heterocycles. The molecule has 1 rings (SSSR count). The largest absolute Gasteiger partial charge is 0.481 e. The molecule has 0 spiro atoms. The van der Waals surface area contributed by atoms with E-state index in [2.05, 4.69) is 10.3 Å². The Balaban J connectivity index is 2.91. The van der Waals surface area contributed by atoms with E-state index in [1.165, 1.54) is 6.07 Å². The molecule has 1 heterocycles. The van der Waals surface area contributed by atoms with Crippen molar-refractivity contribution in [1.82, 2.24) is 4.98 Å². The van der Waals surface area contributed by atoms with Gasteiger partial charge in [-0.3, -0.25) is 14.9 Å². The van der Waals surface area contributed by atoms with Gasteiger partial charge in [0.1, 0.15) is 12.0 Å². The van der Waals surface area contributed by atoms with Gasteiger partial charge in [-0.15, -0.1) is 0 Å². The highest BCUT2D eigenvalue weighted by Crippen LogP contribution is 2.25. The predicted molar refractivity (Wildman–Crippen MR) is 70.4 cm³/mol. The van der Waals surface area contributed by atoms with Crippen LogP contribution in [0.5, 0.6) is 0 Å². The molecule has 0 saturated heterocycles. The van der Waals surface area contributed by atoms with Crippen LogP contribution in [0.1, 0.15) is 20.3 Å². The number of anilines is 1. The molecule has 0 radical (unpaired) electrons. The summed E-state index contributed by atoms with van der Waals surface area (Å²) in [5.74, 6) is -0.652. The Morgan fingerprint density at radius 3 is 2.68 bits per heavy atom. The van der Waals surface area contributed by atoms with Crippen molar-refractivity contribution in [3.05, 3.63) is 27.4 Å². The lowest BCUT2D eigenvalue weighted by Gasteiger charge is -2.21. The third-order valence-corrected chi connectivity index (χ3v) is 2.85. The smallest absolute Gasteiger partial charge is 0.305 e. The fourth-order valence-corrected chi connectivity index (χ4v) is 1.67. The second-order valence-corrected chi connectivity index (χ2v) is 4.78. The van der Waals surface area contributed by atoms with E-state index in [0.29, 0.717) is 0 Å². The number of nitro groups is 1. The molecular weight excluding hydrogens is 274 g/mol. The first-order valence-corrected chi connectivity index (χ1v) is 5.97. The fraction of sp³-hybridized carbons (Fsp3) is 0.455. The fourth-order valence-electron chi connectivity index (χ4n) is 1.45. The summed E-state index contributed by atoms with van der Waals surface area (Å²) >= 11 is 5.88. The topological polar surface area (TPSA) is 105 Å². The lowest BCUT2D eigenvalue weighted by atomic mass is 10.0. The first-order chi connectivity index (χ1) is 8.81. The molecule has 7 nitrogen and oxygen atoms in total. The van der Waals surface area contributed by atoms with Crippen molar-refractivity contribution in [1.29, 1.82) is 0 Å². The lowest BCUT2D eigenvalue weighted by Crippen LogP contribution is -2.29. The molecule has 19 heavy (non-hydrogen) atoms. The number of carbonyl (C=O) groups is 1. The normalized spacial score (nSPS) is 12.2. The number of carboxylic acid groups (broad SMARTS) is 1. The van der Waals surface area contributed by atoms with E-state index in [1.807, 2.05) is 13.8 Å². The summed E-state index contributed by atoms with van der Waals surface area (Å²) in [6, 6.07) is 0.818. The van der Waals surface area contributed by atoms with Crippen molar-refractivity contribution < 1.29 is 14.8 Å². The van der Waals surface area contributed by atoms with Crippen molar-refractivity contribution in [3.63, 3.8) is 0 Å². The maximum Gasteiger partial charge on any atom is 0.305 e. The number of nitrogens with one attached hydrogen (secondary N) is 1. The van der Waals surface area contributed by atoms with Crippen molar-refractivity contribution in [2.24, 2.45) is 5.92 Å². The highest BCUT2D eigenvalue weighted by Gasteiger charge is 2.19. The molecular formula is C11H14ClN3O4. The van der Waals surface area contributed by atoms with Crippen LogP contribution in [0, 0.1) is 16.0 Å². The Morgan fingerprint density at radius 2 is 2.26 bits per heavy atom. The Labute approximate surface area is 114 Å². The zero-order valence-electron chi connectivity index (χ0n) is 10.5. The van der Waals surface area contributed by atoms with Crippen LogP contribution in [0.3, 0.4) is 0 Å². The van der Waals surface area contributed by atoms with Gasteiger partial charge in [0.05, 0.1) is 16.4 Å². The van der Waals surface area contributed by atoms with E-state index in [-0.39, 0.29) is 34.9 Å². The highest BCUT2D eigenvalue weighted by molar-refractivity contribution is 6.33. The summed E-state index contributed by atoms with van der Waals surface area (Å²) in [5, 5.41) is 22.3. The monoisotopic (exact) mass is 287 g/mol. The van der Waals surface area contributed by atoms with Gasteiger partial charge in [0.2, 0.25) is 0 Å². The molecule has 0 aliphatic carbocycles. The van der Waals surface area contributed by atoms with Crippen molar-refractivity contribution in [2.45, 2.75) is 26.3 Å². The van der Waals surface area contributed by atoms with Crippen LogP contribution in [0.2, 0.25) is 5.02 Å². The van der Waals surface area contributed by atoms with Gasteiger partial charge in [0.25, 0.3) is 5.69 Å². The molecule has 2 N–H and O–H groups in total. The molecule has 0 saturated carbocycles. The summed E-state index contributed by atoms with van der Waals surface area (Å²) in [6.07, 6.45) is 0.985. The maximum atomic E-state index is 10.8. The average molecular weight is 288 g/mol. The van der Waals surface area contributed by atoms with Gasteiger partial charge in [-0.25, -0.2) is 4.98 Å². The van der Waals surface area contributed by atoms with Crippen LogP contribution in [0.25, 0.3) is 0 Å². The van der Waals surface area contributed by atoms with Crippen LogP contribution < -0.4 is 5.32 Å². The van der Waals surface area contributed by atoms with Crippen LogP contribution >= 0.6 is 11.6 Å². The minimum absolute atomic E-state index is 0.0455. The van der Waals surface area contributed by atoms with E-state index in [9.17, 15) is 14.9 Å². The molecule has 1 unspecified atom stereocenters. The number of rotatable bonds is 6. The maximum absolute atomic E-state index is 10.8. The summed E-state index contributed by atoms with van der Waals surface area (Å²) in [6.45, 7) is 3.72. The SMILES string of the molecule is CC(C)C(CC(=O)O)Nc1ncc([N+](=O)[O-])cc1Cl. The average Bonchev–Trinajstić information content (AvgIpc) is 2.29. The van der Waals surface area contributed by atoms with Crippen LogP contribution in [-0.4, -0.2) is 27.0 Å². The molecule has 1 atom stereocenters. The van der Waals surface area contributed by atoms with Gasteiger partial charge >= 0.3 is 5.97 Å². The third-order valence-electron chi connectivity index (χ3n) is 2.56.